The monoisotopic (exact) mass is 287 g/mol. The van der Waals surface area contributed by atoms with Crippen LogP contribution >= 0.6 is 0 Å². The second-order valence-electron chi connectivity index (χ2n) is 5.39. The first-order valence-corrected chi connectivity index (χ1v) is 6.60. The highest BCUT2D eigenvalue weighted by Crippen LogP contribution is 2.35. The molecule has 1 N–H and O–H groups in total. The third-order valence-electron chi connectivity index (χ3n) is 2.98. The minimum atomic E-state index is -0.535. The van der Waals surface area contributed by atoms with Gasteiger partial charge in [-0.25, -0.2) is 0 Å². The molecule has 5 nitrogen and oxygen atoms in total. The van der Waals surface area contributed by atoms with Crippen molar-refractivity contribution in [2.24, 2.45) is 0 Å². The van der Waals surface area contributed by atoms with Gasteiger partial charge >= 0.3 is 0 Å². The summed E-state index contributed by atoms with van der Waals surface area (Å²) in [5.74, 6) is 3.00. The second-order valence-corrected chi connectivity index (χ2v) is 5.39. The molecule has 0 unspecified atom stereocenters. The molecule has 2 rings (SSSR count). The van der Waals surface area contributed by atoms with E-state index in [4.69, 9.17) is 15.9 Å². The molecule has 1 aromatic rings. The number of hydrogen-bond donors (Lipinski definition) is 1. The molecule has 1 heterocycles. The van der Waals surface area contributed by atoms with E-state index in [1.807, 2.05) is 13.8 Å². The first kappa shape index (κ1) is 14.9. The fourth-order valence-corrected chi connectivity index (χ4v) is 2.07. The highest BCUT2D eigenvalue weighted by molar-refractivity contribution is 6.00. The summed E-state index contributed by atoms with van der Waals surface area (Å²) in [5, 5.41) is 2.50. The summed E-state index contributed by atoms with van der Waals surface area (Å²) in [7, 11) is 0. The Morgan fingerprint density at radius 1 is 1.52 bits per heavy atom. The number of terminal acetylenes is 1. The number of hydrogen-bond acceptors (Lipinski definition) is 4. The number of nitrogens with one attached hydrogen (secondary N) is 1. The molecule has 1 aliphatic heterocycles. The van der Waals surface area contributed by atoms with Crippen LogP contribution in [0, 0.1) is 12.3 Å². The van der Waals surface area contributed by atoms with E-state index in [0.717, 1.165) is 0 Å². The summed E-state index contributed by atoms with van der Waals surface area (Å²) in [6.45, 7) is 3.74. The highest BCUT2D eigenvalue weighted by atomic mass is 16.5. The fraction of sp³-hybridized carbons (Fsp3) is 0.375. The van der Waals surface area contributed by atoms with Gasteiger partial charge in [-0.2, -0.15) is 0 Å². The maximum Gasteiger partial charge on any atom is 0.258 e. The Morgan fingerprint density at radius 3 is 3.00 bits per heavy atom. The van der Waals surface area contributed by atoms with Crippen LogP contribution in [0.3, 0.4) is 0 Å². The number of Topliss-reactive ketones (excluding diaryl/α,β-unsaturated/α-hetero) is 1. The molecule has 0 aliphatic carbocycles. The van der Waals surface area contributed by atoms with Gasteiger partial charge in [-0.1, -0.05) is 5.92 Å². The minimum Gasteiger partial charge on any atom is -0.486 e. The van der Waals surface area contributed by atoms with Gasteiger partial charge in [0.25, 0.3) is 5.91 Å². The number of ether oxygens (including phenoxy) is 2. The molecule has 0 aromatic heterocycles. The molecular formula is C16H17NO4. The van der Waals surface area contributed by atoms with Crippen LogP contribution in [0.15, 0.2) is 18.2 Å². The Kier molecular flexibility index (Phi) is 4.18. The molecule has 0 saturated heterocycles. The molecule has 0 atom stereocenters. The van der Waals surface area contributed by atoms with Gasteiger partial charge in [0.15, 0.2) is 12.4 Å². The minimum absolute atomic E-state index is 0.0413. The van der Waals surface area contributed by atoms with Gasteiger partial charge in [0.05, 0.1) is 18.5 Å². The van der Waals surface area contributed by atoms with Crippen molar-refractivity contribution in [3.63, 3.8) is 0 Å². The van der Waals surface area contributed by atoms with Crippen molar-refractivity contribution in [2.45, 2.75) is 25.9 Å². The van der Waals surface area contributed by atoms with E-state index in [-0.39, 0.29) is 24.8 Å². The maximum absolute atomic E-state index is 12.0. The smallest absolute Gasteiger partial charge is 0.258 e. The van der Waals surface area contributed by atoms with E-state index in [1.165, 1.54) is 0 Å². The predicted octanol–water partition coefficient (Wildman–Crippen LogP) is 1.56. The summed E-state index contributed by atoms with van der Waals surface area (Å²) in [4.78, 5) is 23.4. The van der Waals surface area contributed by atoms with Crippen molar-refractivity contribution in [3.8, 4) is 23.8 Å². The lowest BCUT2D eigenvalue weighted by atomic mass is 9.93. The molecule has 0 fully saturated rings. The van der Waals surface area contributed by atoms with Crippen LogP contribution in [0.2, 0.25) is 0 Å². The fourth-order valence-electron chi connectivity index (χ4n) is 2.07. The van der Waals surface area contributed by atoms with E-state index in [9.17, 15) is 9.59 Å². The molecule has 21 heavy (non-hydrogen) atoms. The van der Waals surface area contributed by atoms with Gasteiger partial charge in [-0.15, -0.1) is 6.42 Å². The van der Waals surface area contributed by atoms with Gasteiger partial charge in [0.2, 0.25) is 0 Å². The molecule has 1 aromatic carbocycles. The van der Waals surface area contributed by atoms with Crippen molar-refractivity contribution in [3.05, 3.63) is 23.8 Å². The zero-order chi connectivity index (χ0) is 15.5. The number of benzene rings is 1. The topological polar surface area (TPSA) is 64.6 Å². The Labute approximate surface area is 123 Å². The quantitative estimate of drug-likeness (QED) is 0.854. The summed E-state index contributed by atoms with van der Waals surface area (Å²) >= 11 is 0. The third kappa shape index (κ3) is 3.76. The first-order valence-electron chi connectivity index (χ1n) is 6.60. The summed E-state index contributed by atoms with van der Waals surface area (Å²) < 4.78 is 11.1. The van der Waals surface area contributed by atoms with Crippen LogP contribution < -0.4 is 14.8 Å². The SMILES string of the molecule is C#CCNC(=O)COc1ccc2c(c1)OC(C)(C)CC2=O. The average Bonchev–Trinajstić information content (AvgIpc) is 2.41. The van der Waals surface area contributed by atoms with E-state index >= 15 is 0 Å². The lowest BCUT2D eigenvalue weighted by Crippen LogP contribution is -2.35. The molecule has 1 aliphatic rings. The summed E-state index contributed by atoms with van der Waals surface area (Å²) in [6.07, 6.45) is 5.39. The molecule has 1 amide bonds. The molecule has 110 valence electrons. The van der Waals surface area contributed by atoms with Crippen LogP contribution in [-0.2, 0) is 4.79 Å². The molecule has 0 saturated carbocycles. The standard InChI is InChI=1S/C16H17NO4/c1-4-7-17-15(19)10-20-11-5-6-12-13(18)9-16(2,3)21-14(12)8-11/h1,5-6,8H,7,9-10H2,2-3H3,(H,17,19). The van der Waals surface area contributed by atoms with Gasteiger partial charge in [0.1, 0.15) is 17.1 Å². The highest BCUT2D eigenvalue weighted by Gasteiger charge is 2.32. The van der Waals surface area contributed by atoms with Crippen molar-refractivity contribution < 1.29 is 19.1 Å². The van der Waals surface area contributed by atoms with Crippen LogP contribution in [0.1, 0.15) is 30.6 Å². The van der Waals surface area contributed by atoms with E-state index in [1.54, 1.807) is 18.2 Å². The normalized spacial score (nSPS) is 15.4. The van der Waals surface area contributed by atoms with Crippen molar-refractivity contribution in [2.75, 3.05) is 13.2 Å². The van der Waals surface area contributed by atoms with Crippen LogP contribution in [0.5, 0.6) is 11.5 Å². The zero-order valence-electron chi connectivity index (χ0n) is 12.1. The van der Waals surface area contributed by atoms with Crippen molar-refractivity contribution in [1.82, 2.24) is 5.32 Å². The molecule has 0 radical (unpaired) electrons. The van der Waals surface area contributed by atoms with E-state index in [2.05, 4.69) is 11.2 Å². The maximum atomic E-state index is 12.0. The molecule has 0 spiro atoms. The van der Waals surface area contributed by atoms with E-state index in [0.29, 0.717) is 23.5 Å². The number of amides is 1. The van der Waals surface area contributed by atoms with Gasteiger partial charge < -0.3 is 14.8 Å². The summed E-state index contributed by atoms with van der Waals surface area (Å²) in [5.41, 5.74) is 0.00539. The Morgan fingerprint density at radius 2 is 2.29 bits per heavy atom. The van der Waals surface area contributed by atoms with Crippen LogP contribution in [-0.4, -0.2) is 30.4 Å². The lowest BCUT2D eigenvalue weighted by Gasteiger charge is -2.31. The van der Waals surface area contributed by atoms with Crippen LogP contribution in [0.4, 0.5) is 0 Å². The first-order chi connectivity index (χ1) is 9.91. The number of carbonyl (C=O) groups excluding carboxylic acids is 2. The number of ketones is 1. The Balaban J connectivity index is 2.06. The van der Waals surface area contributed by atoms with Crippen molar-refractivity contribution >= 4 is 11.7 Å². The van der Waals surface area contributed by atoms with Gasteiger partial charge in [0, 0.05) is 6.07 Å². The number of fused-ring (bicyclic) bond motifs is 1. The van der Waals surface area contributed by atoms with Gasteiger partial charge in [-0.05, 0) is 26.0 Å². The van der Waals surface area contributed by atoms with Crippen molar-refractivity contribution in [1.29, 1.82) is 0 Å². The van der Waals surface area contributed by atoms with Crippen LogP contribution in [0.25, 0.3) is 0 Å². The molecule has 0 bridgehead atoms. The van der Waals surface area contributed by atoms with E-state index < -0.39 is 5.60 Å². The predicted molar refractivity (Wildman–Crippen MR) is 77.4 cm³/mol. The van der Waals surface area contributed by atoms with Gasteiger partial charge in [-0.3, -0.25) is 9.59 Å². The average molecular weight is 287 g/mol. The Bertz CT molecular complexity index is 613. The Hall–Kier alpha value is -2.48. The summed E-state index contributed by atoms with van der Waals surface area (Å²) in [6, 6.07) is 4.93. The number of rotatable bonds is 4. The number of carbonyl (C=O) groups is 2. The molecule has 5 heteroatoms. The lowest BCUT2D eigenvalue weighted by molar-refractivity contribution is -0.122. The largest absolute Gasteiger partial charge is 0.486 e. The zero-order valence-corrected chi connectivity index (χ0v) is 12.1. The third-order valence-corrected chi connectivity index (χ3v) is 2.98. The molecular weight excluding hydrogens is 270 g/mol. The second kappa shape index (κ2) is 5.88.